The van der Waals surface area contributed by atoms with Crippen LogP contribution >= 0.6 is 7.82 Å². The summed E-state index contributed by atoms with van der Waals surface area (Å²) in [5, 5.41) is 13.7. The van der Waals surface area contributed by atoms with E-state index in [9.17, 15) is 19.4 Å². The molecule has 0 radical (unpaired) electrons. The molecule has 0 heterocycles. The Bertz CT molecular complexity index is 1000. The lowest BCUT2D eigenvalue weighted by atomic mass is 10.0. The number of carbonyl (C=O) groups excluding carboxylic acids is 1. The van der Waals surface area contributed by atoms with Gasteiger partial charge in [0.25, 0.3) is 7.82 Å². The summed E-state index contributed by atoms with van der Waals surface area (Å²) in [6, 6.07) is -0.908. The molecule has 9 heteroatoms. The fourth-order valence-electron chi connectivity index (χ4n) is 5.08. The average molecular weight is 723 g/mol. The third-order valence-corrected chi connectivity index (χ3v) is 9.20. The molecule has 8 nitrogen and oxygen atoms in total. The molecule has 0 aliphatic carbocycles. The highest BCUT2D eigenvalue weighted by molar-refractivity contribution is 7.45. The van der Waals surface area contributed by atoms with Crippen LogP contribution in [0.1, 0.15) is 142 Å². The molecule has 0 saturated heterocycles. The fourth-order valence-corrected chi connectivity index (χ4v) is 5.80. The van der Waals surface area contributed by atoms with E-state index in [1.807, 2.05) is 27.2 Å². The summed E-state index contributed by atoms with van der Waals surface area (Å²) in [6.45, 7) is 4.46. The zero-order valence-corrected chi connectivity index (χ0v) is 33.5. The SMILES string of the molecule is CC/C=C\C/C=C\C/C=C\C/C=C\CCCCC(=O)NC(COP(=O)([O-])OCC[N+](C)(C)C)C(O)/C=C/CCCCCCCCCCCCC. The zero-order valence-electron chi connectivity index (χ0n) is 32.6. The van der Waals surface area contributed by atoms with E-state index >= 15 is 0 Å². The number of phosphoric acid groups is 1. The number of carbonyl (C=O) groups is 1. The molecule has 0 rings (SSSR count). The van der Waals surface area contributed by atoms with Crippen molar-refractivity contribution < 1.29 is 32.9 Å². The number of nitrogens with zero attached hydrogens (tertiary/aromatic N) is 1. The molecule has 0 aromatic heterocycles. The monoisotopic (exact) mass is 723 g/mol. The van der Waals surface area contributed by atoms with E-state index in [-0.39, 0.29) is 18.9 Å². The number of nitrogens with one attached hydrogen (secondary N) is 1. The molecule has 0 spiro atoms. The Morgan fingerprint density at radius 2 is 1.22 bits per heavy atom. The van der Waals surface area contributed by atoms with Gasteiger partial charge in [0.05, 0.1) is 39.9 Å². The van der Waals surface area contributed by atoms with Gasteiger partial charge in [0.2, 0.25) is 5.91 Å². The summed E-state index contributed by atoms with van der Waals surface area (Å²) in [5.41, 5.74) is 0. The molecule has 0 saturated carbocycles. The predicted octanol–water partition coefficient (Wildman–Crippen LogP) is 9.66. The van der Waals surface area contributed by atoms with E-state index in [4.69, 9.17) is 9.05 Å². The predicted molar refractivity (Wildman–Crippen MR) is 210 cm³/mol. The molecule has 3 atom stereocenters. The lowest BCUT2D eigenvalue weighted by molar-refractivity contribution is -0.870. The Hall–Kier alpha value is -1.80. The van der Waals surface area contributed by atoms with Crippen molar-refractivity contribution in [1.29, 1.82) is 0 Å². The Kier molecular flexibility index (Phi) is 31.9. The van der Waals surface area contributed by atoms with Crippen molar-refractivity contribution in [3.63, 3.8) is 0 Å². The van der Waals surface area contributed by atoms with Crippen LogP contribution in [0.25, 0.3) is 0 Å². The number of aliphatic hydroxyl groups is 1. The van der Waals surface area contributed by atoms with Gasteiger partial charge in [-0.3, -0.25) is 9.36 Å². The van der Waals surface area contributed by atoms with Crippen LogP contribution in [0.15, 0.2) is 60.8 Å². The number of rotatable bonds is 34. The standard InChI is InChI=1S/C41H75N2O6P/c1-6-8-10-12-14-16-18-20-21-23-25-27-29-31-33-35-41(45)42-39(38-49-50(46,47)48-37-36-43(3,4)5)40(44)34-32-30-28-26-24-22-19-17-15-13-11-9-7-2/h8,10,14,16,20-21,25,27,32,34,39-40,44H,6-7,9,11-13,15,17-19,22-24,26,28-31,33,35-38H2,1-5H3,(H-,42,45,46,47)/b10-8-,16-14-,21-20-,27-25-,34-32+. The molecule has 0 aliphatic rings. The van der Waals surface area contributed by atoms with Crippen LogP contribution in [0, 0.1) is 0 Å². The Balaban J connectivity index is 4.62. The largest absolute Gasteiger partial charge is 0.756 e. The van der Waals surface area contributed by atoms with E-state index in [1.165, 1.54) is 57.8 Å². The number of hydrogen-bond donors (Lipinski definition) is 2. The van der Waals surface area contributed by atoms with Gasteiger partial charge in [0.15, 0.2) is 0 Å². The number of quaternary nitrogens is 1. The van der Waals surface area contributed by atoms with Gasteiger partial charge in [0, 0.05) is 6.42 Å². The first kappa shape index (κ1) is 48.2. The summed E-state index contributed by atoms with van der Waals surface area (Å²) in [6.07, 6.45) is 41.2. The molecule has 50 heavy (non-hydrogen) atoms. The summed E-state index contributed by atoms with van der Waals surface area (Å²) >= 11 is 0. The smallest absolute Gasteiger partial charge is 0.268 e. The molecule has 0 aliphatic heterocycles. The molecule has 3 unspecified atom stereocenters. The van der Waals surface area contributed by atoms with E-state index in [0.29, 0.717) is 17.4 Å². The number of amides is 1. The highest BCUT2D eigenvalue weighted by Crippen LogP contribution is 2.38. The molecule has 0 bridgehead atoms. The summed E-state index contributed by atoms with van der Waals surface area (Å²) < 4.78 is 23.1. The van der Waals surface area contributed by atoms with Crippen molar-refractivity contribution in [1.82, 2.24) is 5.32 Å². The molecule has 2 N–H and O–H groups in total. The van der Waals surface area contributed by atoms with Crippen LogP contribution in [-0.2, 0) is 18.4 Å². The van der Waals surface area contributed by atoms with Crippen LogP contribution in [-0.4, -0.2) is 68.5 Å². The summed E-state index contributed by atoms with van der Waals surface area (Å²) in [7, 11) is 1.22. The average Bonchev–Trinajstić information content (AvgIpc) is 3.06. The van der Waals surface area contributed by atoms with Crippen LogP contribution in [0.3, 0.4) is 0 Å². The van der Waals surface area contributed by atoms with Crippen LogP contribution in [0.5, 0.6) is 0 Å². The lowest BCUT2D eigenvalue weighted by Gasteiger charge is -2.29. The van der Waals surface area contributed by atoms with E-state index in [0.717, 1.165) is 57.8 Å². The summed E-state index contributed by atoms with van der Waals surface area (Å²) in [5.74, 6) is -0.242. The van der Waals surface area contributed by atoms with Crippen LogP contribution in [0.2, 0.25) is 0 Å². The van der Waals surface area contributed by atoms with E-state index < -0.39 is 26.6 Å². The van der Waals surface area contributed by atoms with Gasteiger partial charge >= 0.3 is 0 Å². The molecular weight excluding hydrogens is 647 g/mol. The number of hydrogen-bond acceptors (Lipinski definition) is 6. The quantitative estimate of drug-likeness (QED) is 0.0297. The van der Waals surface area contributed by atoms with Gasteiger partial charge in [-0.25, -0.2) is 0 Å². The van der Waals surface area contributed by atoms with E-state index in [2.05, 4.69) is 67.8 Å². The molecule has 0 aromatic rings. The third kappa shape index (κ3) is 34.6. The molecule has 0 aromatic carbocycles. The second kappa shape index (κ2) is 33.1. The van der Waals surface area contributed by atoms with Crippen molar-refractivity contribution >= 4 is 13.7 Å². The van der Waals surface area contributed by atoms with Crippen molar-refractivity contribution in [2.45, 2.75) is 154 Å². The van der Waals surface area contributed by atoms with Crippen LogP contribution in [0.4, 0.5) is 0 Å². The van der Waals surface area contributed by atoms with Gasteiger partial charge in [0.1, 0.15) is 13.2 Å². The molecule has 1 amide bonds. The molecule has 290 valence electrons. The maximum Gasteiger partial charge on any atom is 0.268 e. The number of allylic oxidation sites excluding steroid dienone is 9. The minimum Gasteiger partial charge on any atom is -0.756 e. The molecular formula is C41H75N2O6P. The van der Waals surface area contributed by atoms with Gasteiger partial charge in [-0.15, -0.1) is 0 Å². The Labute approximate surface area is 307 Å². The number of aliphatic hydroxyl groups excluding tert-OH is 1. The van der Waals surface area contributed by atoms with Gasteiger partial charge in [-0.1, -0.05) is 139 Å². The fraction of sp³-hybridized carbons (Fsp3) is 0.732. The third-order valence-electron chi connectivity index (χ3n) is 8.23. The topological polar surface area (TPSA) is 108 Å². The number of phosphoric ester groups is 1. The second-order valence-electron chi connectivity index (χ2n) is 14.3. The van der Waals surface area contributed by atoms with Gasteiger partial charge in [-0.2, -0.15) is 0 Å². The Morgan fingerprint density at radius 3 is 1.78 bits per heavy atom. The minimum absolute atomic E-state index is 0.0119. The van der Waals surface area contributed by atoms with Crippen molar-refractivity contribution in [3.8, 4) is 0 Å². The lowest BCUT2D eigenvalue weighted by Crippen LogP contribution is -2.45. The number of likely N-dealkylation sites (N-methyl/N-ethyl adjacent to an activating group) is 1. The van der Waals surface area contributed by atoms with Crippen molar-refractivity contribution in [2.24, 2.45) is 0 Å². The summed E-state index contributed by atoms with van der Waals surface area (Å²) in [4.78, 5) is 25.2. The second-order valence-corrected chi connectivity index (χ2v) is 15.7. The zero-order chi connectivity index (χ0) is 37.2. The van der Waals surface area contributed by atoms with Crippen molar-refractivity contribution in [2.75, 3.05) is 40.9 Å². The normalized spacial score (nSPS) is 15.3. The number of unbranched alkanes of at least 4 members (excludes halogenated alkanes) is 13. The maximum atomic E-state index is 12.8. The van der Waals surface area contributed by atoms with Gasteiger partial charge < -0.3 is 28.8 Å². The first-order valence-electron chi connectivity index (χ1n) is 19.7. The minimum atomic E-state index is -4.59. The molecule has 0 fully saturated rings. The van der Waals surface area contributed by atoms with Crippen molar-refractivity contribution in [3.05, 3.63) is 60.8 Å². The maximum absolute atomic E-state index is 12.8. The van der Waals surface area contributed by atoms with Gasteiger partial charge in [-0.05, 0) is 57.8 Å². The highest BCUT2D eigenvalue weighted by atomic mass is 31.2. The Morgan fingerprint density at radius 1 is 0.720 bits per heavy atom. The first-order valence-corrected chi connectivity index (χ1v) is 21.1. The highest BCUT2D eigenvalue weighted by Gasteiger charge is 2.23. The van der Waals surface area contributed by atoms with Crippen LogP contribution < -0.4 is 10.2 Å². The van der Waals surface area contributed by atoms with E-state index in [1.54, 1.807) is 6.08 Å². The first-order chi connectivity index (χ1) is 24.0.